The second-order valence-corrected chi connectivity index (χ2v) is 6.59. The molecule has 0 radical (unpaired) electrons. The van der Waals surface area contributed by atoms with Gasteiger partial charge in [-0.3, -0.25) is 4.79 Å². The lowest BCUT2D eigenvalue weighted by atomic mass is 9.98. The van der Waals surface area contributed by atoms with Crippen LogP contribution in [0.4, 0.5) is 0 Å². The quantitative estimate of drug-likeness (QED) is 0.723. The third-order valence-corrected chi connectivity index (χ3v) is 4.99. The molecule has 0 aliphatic carbocycles. The van der Waals surface area contributed by atoms with Crippen LogP contribution in [-0.4, -0.2) is 53.9 Å². The van der Waals surface area contributed by atoms with E-state index in [0.29, 0.717) is 13.0 Å². The largest absolute Gasteiger partial charge is 0.481 e. The molecule has 6 nitrogen and oxygen atoms in total. The van der Waals surface area contributed by atoms with Crippen LogP contribution in [0.15, 0.2) is 0 Å². The van der Waals surface area contributed by atoms with Gasteiger partial charge in [0.2, 0.25) is 10.0 Å². The van der Waals surface area contributed by atoms with Crippen molar-refractivity contribution in [2.75, 3.05) is 18.8 Å². The Morgan fingerprint density at radius 1 is 1.47 bits per heavy atom. The van der Waals surface area contributed by atoms with E-state index >= 15 is 0 Å². The summed E-state index contributed by atoms with van der Waals surface area (Å²) in [4.78, 5) is 10.3. The van der Waals surface area contributed by atoms with Crippen molar-refractivity contribution in [1.82, 2.24) is 4.31 Å². The van der Waals surface area contributed by atoms with E-state index in [4.69, 9.17) is 5.11 Å². The molecule has 0 aromatic heterocycles. The first kappa shape index (κ1) is 14.4. The molecule has 1 heterocycles. The van der Waals surface area contributed by atoms with Crippen LogP contribution in [0.1, 0.15) is 26.2 Å². The van der Waals surface area contributed by atoms with Gasteiger partial charge in [-0.2, -0.15) is 4.31 Å². The monoisotopic (exact) mass is 265 g/mol. The zero-order valence-corrected chi connectivity index (χ0v) is 10.7. The Morgan fingerprint density at radius 2 is 2.12 bits per heavy atom. The fourth-order valence-electron chi connectivity index (χ4n) is 1.81. The summed E-state index contributed by atoms with van der Waals surface area (Å²) in [7, 11) is -3.43. The number of rotatable bonds is 5. The average molecular weight is 265 g/mol. The van der Waals surface area contributed by atoms with Crippen molar-refractivity contribution >= 4 is 16.0 Å². The molecule has 0 spiro atoms. The van der Waals surface area contributed by atoms with Crippen LogP contribution in [0.2, 0.25) is 0 Å². The van der Waals surface area contributed by atoms with E-state index in [1.807, 2.05) is 6.92 Å². The van der Waals surface area contributed by atoms with Crippen LogP contribution in [0, 0.1) is 5.92 Å². The Labute approximate surface area is 101 Å². The molecule has 0 amide bonds. The second kappa shape index (κ2) is 5.79. The Morgan fingerprint density at radius 3 is 2.65 bits per heavy atom. The maximum atomic E-state index is 11.8. The van der Waals surface area contributed by atoms with Crippen molar-refractivity contribution in [2.24, 2.45) is 5.92 Å². The number of β-amino-alcohol motifs (C(OH)–C–C–N with tert-alkyl or cyclic N) is 1. The van der Waals surface area contributed by atoms with Gasteiger partial charge in [-0.1, -0.05) is 6.92 Å². The predicted octanol–water partition coefficient (Wildman–Crippen LogP) is -0.116. The molecule has 2 N–H and O–H groups in total. The number of hydrogen-bond acceptors (Lipinski definition) is 4. The number of carbonyl (C=O) groups is 1. The average Bonchev–Trinajstić information content (AvgIpc) is 2.21. The third-order valence-electron chi connectivity index (χ3n) is 3.07. The number of aliphatic carboxylic acids is 1. The molecule has 1 saturated heterocycles. The van der Waals surface area contributed by atoms with Gasteiger partial charge in [0, 0.05) is 19.5 Å². The van der Waals surface area contributed by atoms with Crippen molar-refractivity contribution in [3.63, 3.8) is 0 Å². The van der Waals surface area contributed by atoms with Gasteiger partial charge >= 0.3 is 5.97 Å². The Kier molecular flexibility index (Phi) is 4.91. The van der Waals surface area contributed by atoms with Crippen molar-refractivity contribution < 1.29 is 23.4 Å². The summed E-state index contributed by atoms with van der Waals surface area (Å²) in [5.74, 6) is -1.05. The minimum Gasteiger partial charge on any atom is -0.481 e. The van der Waals surface area contributed by atoms with Crippen LogP contribution >= 0.6 is 0 Å². The summed E-state index contributed by atoms with van der Waals surface area (Å²) in [5.41, 5.74) is 0. The molecule has 2 atom stereocenters. The summed E-state index contributed by atoms with van der Waals surface area (Å²) >= 11 is 0. The first-order valence-electron chi connectivity index (χ1n) is 5.70. The van der Waals surface area contributed by atoms with Crippen molar-refractivity contribution in [1.29, 1.82) is 0 Å². The summed E-state index contributed by atoms with van der Waals surface area (Å²) in [5, 5.41) is 18.1. The number of aliphatic hydroxyl groups is 1. The SMILES string of the molecule is CC1CCN(S(=O)(=O)CCCC(=O)O)CC1O. The lowest BCUT2D eigenvalue weighted by molar-refractivity contribution is -0.137. The first-order chi connectivity index (χ1) is 7.83. The molecule has 2 unspecified atom stereocenters. The summed E-state index contributed by atoms with van der Waals surface area (Å²) in [6.07, 6.45) is -0.0245. The van der Waals surface area contributed by atoms with Crippen molar-refractivity contribution in [3.05, 3.63) is 0 Å². The molecule has 1 aliphatic heterocycles. The minimum atomic E-state index is -3.43. The van der Waals surface area contributed by atoms with Gasteiger partial charge in [0.25, 0.3) is 0 Å². The zero-order chi connectivity index (χ0) is 13.1. The van der Waals surface area contributed by atoms with Crippen LogP contribution < -0.4 is 0 Å². The Bertz CT molecular complexity index is 367. The van der Waals surface area contributed by atoms with Gasteiger partial charge in [-0.05, 0) is 18.8 Å². The number of aliphatic hydroxyl groups excluding tert-OH is 1. The maximum absolute atomic E-state index is 11.8. The molecule has 0 aromatic rings. The molecule has 100 valence electrons. The van der Waals surface area contributed by atoms with E-state index in [2.05, 4.69) is 0 Å². The highest BCUT2D eigenvalue weighted by Crippen LogP contribution is 2.20. The molecule has 0 saturated carbocycles. The van der Waals surface area contributed by atoms with E-state index in [0.717, 1.165) is 0 Å². The van der Waals surface area contributed by atoms with E-state index < -0.39 is 22.1 Å². The normalized spacial score (nSPS) is 26.9. The van der Waals surface area contributed by atoms with E-state index in [1.165, 1.54) is 4.31 Å². The molecule has 1 rings (SSSR count). The third kappa shape index (κ3) is 4.25. The molecule has 7 heteroatoms. The fraction of sp³-hybridized carbons (Fsp3) is 0.900. The van der Waals surface area contributed by atoms with Crippen molar-refractivity contribution in [2.45, 2.75) is 32.3 Å². The number of carboxylic acid groups (broad SMARTS) is 1. The highest BCUT2D eigenvalue weighted by atomic mass is 32.2. The Hall–Kier alpha value is -0.660. The molecule has 17 heavy (non-hydrogen) atoms. The number of hydrogen-bond donors (Lipinski definition) is 2. The number of sulfonamides is 1. The van der Waals surface area contributed by atoms with Crippen LogP contribution in [0.25, 0.3) is 0 Å². The van der Waals surface area contributed by atoms with Crippen LogP contribution in [0.3, 0.4) is 0 Å². The van der Waals surface area contributed by atoms with Gasteiger partial charge in [0.15, 0.2) is 0 Å². The molecule has 1 fully saturated rings. The zero-order valence-electron chi connectivity index (χ0n) is 9.87. The van der Waals surface area contributed by atoms with Crippen molar-refractivity contribution in [3.8, 4) is 0 Å². The lowest BCUT2D eigenvalue weighted by Crippen LogP contribution is -2.46. The lowest BCUT2D eigenvalue weighted by Gasteiger charge is -2.33. The smallest absolute Gasteiger partial charge is 0.303 e. The predicted molar refractivity (Wildman–Crippen MR) is 62.0 cm³/mol. The number of nitrogens with zero attached hydrogens (tertiary/aromatic N) is 1. The van der Waals surface area contributed by atoms with Crippen LogP contribution in [-0.2, 0) is 14.8 Å². The highest BCUT2D eigenvalue weighted by Gasteiger charge is 2.31. The Balaban J connectivity index is 2.50. The van der Waals surface area contributed by atoms with Gasteiger partial charge in [-0.15, -0.1) is 0 Å². The maximum Gasteiger partial charge on any atom is 0.303 e. The number of piperidine rings is 1. The van der Waals surface area contributed by atoms with Crippen LogP contribution in [0.5, 0.6) is 0 Å². The number of carboxylic acids is 1. The standard InChI is InChI=1S/C10H19NO5S/c1-8-4-5-11(7-9(8)12)17(15,16)6-2-3-10(13)14/h8-9,12H,2-7H2,1H3,(H,13,14). The summed E-state index contributed by atoms with van der Waals surface area (Å²) in [6, 6.07) is 0. The second-order valence-electron chi connectivity index (χ2n) is 4.50. The van der Waals surface area contributed by atoms with E-state index in [-0.39, 0.29) is 31.1 Å². The molecule has 0 bridgehead atoms. The molecular formula is C10H19NO5S. The van der Waals surface area contributed by atoms with Gasteiger partial charge in [-0.25, -0.2) is 8.42 Å². The topological polar surface area (TPSA) is 94.9 Å². The molecule has 0 aromatic carbocycles. The van der Waals surface area contributed by atoms with E-state index in [1.54, 1.807) is 0 Å². The molecule has 1 aliphatic rings. The van der Waals surface area contributed by atoms with Gasteiger partial charge in [0.1, 0.15) is 0 Å². The summed E-state index contributed by atoms with van der Waals surface area (Å²) < 4.78 is 24.9. The molecular weight excluding hydrogens is 246 g/mol. The minimum absolute atomic E-state index is 0.111. The van der Waals surface area contributed by atoms with E-state index in [9.17, 15) is 18.3 Å². The highest BCUT2D eigenvalue weighted by molar-refractivity contribution is 7.89. The fourth-order valence-corrected chi connectivity index (χ4v) is 3.34. The first-order valence-corrected chi connectivity index (χ1v) is 7.31. The summed E-state index contributed by atoms with van der Waals surface area (Å²) in [6.45, 7) is 2.42. The van der Waals surface area contributed by atoms with Gasteiger partial charge < -0.3 is 10.2 Å². The van der Waals surface area contributed by atoms with Gasteiger partial charge in [0.05, 0.1) is 11.9 Å².